The molecule has 2 atom stereocenters. The molecule has 6 nitrogen and oxygen atoms in total. The van der Waals surface area contributed by atoms with Crippen LogP contribution in [0.4, 0.5) is 0 Å². The lowest BCUT2D eigenvalue weighted by Gasteiger charge is -2.33. The molecule has 1 aromatic rings. The smallest absolute Gasteiger partial charge is 0.276 e. The summed E-state index contributed by atoms with van der Waals surface area (Å²) in [5.41, 5.74) is 0.282. The summed E-state index contributed by atoms with van der Waals surface area (Å²) >= 11 is 0. The summed E-state index contributed by atoms with van der Waals surface area (Å²) in [7, 11) is 0. The molecule has 2 fully saturated rings. The first kappa shape index (κ1) is 16.5. The molecule has 1 amide bonds. The zero-order chi connectivity index (χ0) is 16.6. The van der Waals surface area contributed by atoms with Crippen LogP contribution in [0, 0.1) is 5.92 Å². The Hall–Kier alpha value is -1.40. The van der Waals surface area contributed by atoms with Gasteiger partial charge in [-0.1, -0.05) is 32.9 Å². The highest BCUT2D eigenvalue weighted by Crippen LogP contribution is 2.26. The van der Waals surface area contributed by atoms with E-state index in [1.807, 2.05) is 25.7 Å². The van der Waals surface area contributed by atoms with Crippen LogP contribution >= 0.6 is 0 Å². The maximum atomic E-state index is 12.7. The maximum Gasteiger partial charge on any atom is 0.276 e. The Morgan fingerprint density at radius 1 is 1.26 bits per heavy atom. The minimum absolute atomic E-state index is 0.0214. The van der Waals surface area contributed by atoms with Crippen LogP contribution in [-0.2, 0) is 10.2 Å². The summed E-state index contributed by atoms with van der Waals surface area (Å²) < 4.78 is 10.8. The molecule has 1 aromatic heterocycles. The van der Waals surface area contributed by atoms with Crippen molar-refractivity contribution in [3.8, 4) is 0 Å². The van der Waals surface area contributed by atoms with Gasteiger partial charge in [0, 0.05) is 43.7 Å². The molecule has 0 spiro atoms. The SMILES string of the molecule is C[C@H]1CN(C(=O)c2cc(C(C)(C)C)on2)C[C@H]1N1CCOCC1. The molecular formula is C17H27N3O3. The van der Waals surface area contributed by atoms with E-state index in [9.17, 15) is 4.79 Å². The van der Waals surface area contributed by atoms with E-state index in [0.29, 0.717) is 17.7 Å². The molecule has 3 rings (SSSR count). The molecule has 2 saturated heterocycles. The van der Waals surface area contributed by atoms with Gasteiger partial charge < -0.3 is 14.2 Å². The minimum Gasteiger partial charge on any atom is -0.379 e. The molecule has 0 N–H and O–H groups in total. The molecule has 6 heteroatoms. The summed E-state index contributed by atoms with van der Waals surface area (Å²) in [6.07, 6.45) is 0. The van der Waals surface area contributed by atoms with E-state index in [1.54, 1.807) is 6.07 Å². The van der Waals surface area contributed by atoms with Gasteiger partial charge in [0.1, 0.15) is 5.76 Å². The lowest BCUT2D eigenvalue weighted by Crippen LogP contribution is -2.47. The van der Waals surface area contributed by atoms with Crippen molar-refractivity contribution in [3.05, 3.63) is 17.5 Å². The summed E-state index contributed by atoms with van der Waals surface area (Å²) in [5.74, 6) is 1.19. The quantitative estimate of drug-likeness (QED) is 0.831. The molecule has 0 saturated carbocycles. The Balaban J connectivity index is 1.67. The largest absolute Gasteiger partial charge is 0.379 e. The minimum atomic E-state index is -0.139. The standard InChI is InChI=1S/C17H27N3O3/c1-12-10-20(11-14(12)19-5-7-22-8-6-19)16(21)13-9-15(23-18-13)17(2,3)4/h9,12,14H,5-8,10-11H2,1-4H3/t12-,14+/m0/s1. The Labute approximate surface area is 137 Å². The highest BCUT2D eigenvalue weighted by molar-refractivity contribution is 5.92. The molecular weight excluding hydrogens is 294 g/mol. The highest BCUT2D eigenvalue weighted by atomic mass is 16.5. The topological polar surface area (TPSA) is 58.8 Å². The number of aromatic nitrogens is 1. The first-order chi connectivity index (χ1) is 10.9. The van der Waals surface area contributed by atoms with Gasteiger partial charge >= 0.3 is 0 Å². The Kier molecular flexibility index (Phi) is 4.47. The van der Waals surface area contributed by atoms with Gasteiger partial charge in [-0.2, -0.15) is 0 Å². The number of hydrogen-bond acceptors (Lipinski definition) is 5. The van der Waals surface area contributed by atoms with Crippen LogP contribution in [0.25, 0.3) is 0 Å². The summed E-state index contributed by atoms with van der Waals surface area (Å²) in [4.78, 5) is 17.1. The molecule has 0 aromatic carbocycles. The van der Waals surface area contributed by atoms with Crippen molar-refractivity contribution in [2.45, 2.75) is 39.2 Å². The molecule has 0 aliphatic carbocycles. The molecule has 3 heterocycles. The van der Waals surface area contributed by atoms with Gasteiger partial charge in [-0.3, -0.25) is 9.69 Å². The van der Waals surface area contributed by atoms with E-state index in [4.69, 9.17) is 9.26 Å². The van der Waals surface area contributed by atoms with Gasteiger partial charge in [0.25, 0.3) is 5.91 Å². The number of rotatable bonds is 2. The number of hydrogen-bond donors (Lipinski definition) is 0. The van der Waals surface area contributed by atoms with Crippen LogP contribution in [0.3, 0.4) is 0 Å². The fourth-order valence-corrected chi connectivity index (χ4v) is 3.39. The number of likely N-dealkylation sites (tertiary alicyclic amines) is 1. The molecule has 2 aliphatic heterocycles. The lowest BCUT2D eigenvalue weighted by atomic mass is 9.93. The van der Waals surface area contributed by atoms with E-state index in [-0.39, 0.29) is 11.3 Å². The highest BCUT2D eigenvalue weighted by Gasteiger charge is 2.37. The van der Waals surface area contributed by atoms with Gasteiger partial charge in [-0.25, -0.2) is 0 Å². The number of amides is 1. The second-order valence-corrected chi connectivity index (χ2v) is 7.73. The zero-order valence-electron chi connectivity index (χ0n) is 14.5. The zero-order valence-corrected chi connectivity index (χ0v) is 14.5. The van der Waals surface area contributed by atoms with Crippen LogP contribution in [0.1, 0.15) is 43.9 Å². The van der Waals surface area contributed by atoms with Crippen molar-refractivity contribution in [2.75, 3.05) is 39.4 Å². The third kappa shape index (κ3) is 3.43. The van der Waals surface area contributed by atoms with Crippen molar-refractivity contribution >= 4 is 5.91 Å². The van der Waals surface area contributed by atoms with Gasteiger partial charge in [-0.05, 0) is 5.92 Å². The number of ether oxygens (including phenoxy) is 1. The van der Waals surface area contributed by atoms with Crippen LogP contribution in [0.15, 0.2) is 10.6 Å². The van der Waals surface area contributed by atoms with Crippen LogP contribution < -0.4 is 0 Å². The monoisotopic (exact) mass is 321 g/mol. The molecule has 0 radical (unpaired) electrons. The fraction of sp³-hybridized carbons (Fsp3) is 0.765. The predicted molar refractivity (Wildman–Crippen MR) is 86.5 cm³/mol. The summed E-state index contributed by atoms with van der Waals surface area (Å²) in [6, 6.07) is 2.20. The molecule has 0 bridgehead atoms. The molecule has 128 valence electrons. The van der Waals surface area contributed by atoms with E-state index in [1.165, 1.54) is 0 Å². The fourth-order valence-electron chi connectivity index (χ4n) is 3.39. The normalized spacial score (nSPS) is 26.7. The number of carbonyl (C=O) groups excluding carboxylic acids is 1. The Morgan fingerprint density at radius 2 is 1.96 bits per heavy atom. The van der Waals surface area contributed by atoms with Crippen molar-refractivity contribution < 1.29 is 14.1 Å². The summed E-state index contributed by atoms with van der Waals surface area (Å²) in [5, 5.41) is 3.99. The van der Waals surface area contributed by atoms with E-state index in [0.717, 1.165) is 45.2 Å². The van der Waals surface area contributed by atoms with Crippen LogP contribution in [0.5, 0.6) is 0 Å². The predicted octanol–water partition coefficient (Wildman–Crippen LogP) is 1.76. The Bertz CT molecular complexity index is 558. The van der Waals surface area contributed by atoms with Crippen LogP contribution in [0.2, 0.25) is 0 Å². The summed E-state index contributed by atoms with van der Waals surface area (Å²) in [6.45, 7) is 13.4. The van der Waals surface area contributed by atoms with E-state index in [2.05, 4.69) is 17.0 Å². The number of carbonyl (C=O) groups is 1. The second kappa shape index (κ2) is 6.24. The van der Waals surface area contributed by atoms with E-state index < -0.39 is 0 Å². The van der Waals surface area contributed by atoms with Gasteiger partial charge in [0.2, 0.25) is 0 Å². The first-order valence-electron chi connectivity index (χ1n) is 8.44. The number of nitrogens with zero attached hydrogens (tertiary/aromatic N) is 3. The maximum absolute atomic E-state index is 12.7. The van der Waals surface area contributed by atoms with Crippen molar-refractivity contribution in [1.82, 2.24) is 15.0 Å². The van der Waals surface area contributed by atoms with Crippen molar-refractivity contribution in [1.29, 1.82) is 0 Å². The average molecular weight is 321 g/mol. The average Bonchev–Trinajstić information content (AvgIpc) is 3.14. The molecule has 23 heavy (non-hydrogen) atoms. The molecule has 0 unspecified atom stereocenters. The van der Waals surface area contributed by atoms with Gasteiger partial charge in [0.15, 0.2) is 5.69 Å². The van der Waals surface area contributed by atoms with Gasteiger partial charge in [0.05, 0.1) is 13.2 Å². The third-order valence-corrected chi connectivity index (χ3v) is 4.84. The van der Waals surface area contributed by atoms with Crippen molar-refractivity contribution in [2.24, 2.45) is 5.92 Å². The second-order valence-electron chi connectivity index (χ2n) is 7.73. The van der Waals surface area contributed by atoms with Gasteiger partial charge in [-0.15, -0.1) is 0 Å². The third-order valence-electron chi connectivity index (χ3n) is 4.84. The molecule has 2 aliphatic rings. The van der Waals surface area contributed by atoms with E-state index >= 15 is 0 Å². The van der Waals surface area contributed by atoms with Crippen molar-refractivity contribution in [3.63, 3.8) is 0 Å². The van der Waals surface area contributed by atoms with Crippen LogP contribution in [-0.4, -0.2) is 66.3 Å². The first-order valence-corrected chi connectivity index (χ1v) is 8.44. The Morgan fingerprint density at radius 3 is 2.57 bits per heavy atom. The lowest BCUT2D eigenvalue weighted by molar-refractivity contribution is 0.0119. The number of morpholine rings is 1.